The molecule has 0 saturated heterocycles. The number of hydrogen-bond donors (Lipinski definition) is 1. The van der Waals surface area contributed by atoms with E-state index in [9.17, 15) is 4.79 Å². The van der Waals surface area contributed by atoms with E-state index >= 15 is 0 Å². The summed E-state index contributed by atoms with van der Waals surface area (Å²) in [6.45, 7) is 1.93. The van der Waals surface area contributed by atoms with Crippen LogP contribution < -0.4 is 4.74 Å². The second-order valence-corrected chi connectivity index (χ2v) is 5.24. The van der Waals surface area contributed by atoms with E-state index in [2.05, 4.69) is 0 Å². The Kier molecular flexibility index (Phi) is 3.81. The third kappa shape index (κ3) is 2.61. The fourth-order valence-corrected chi connectivity index (χ4v) is 2.67. The van der Waals surface area contributed by atoms with E-state index in [1.807, 2.05) is 13.0 Å². The van der Waals surface area contributed by atoms with Crippen LogP contribution in [-0.2, 0) is 4.79 Å². The highest BCUT2D eigenvalue weighted by Crippen LogP contribution is 2.48. The Morgan fingerprint density at radius 3 is 2.72 bits per heavy atom. The fourth-order valence-electron chi connectivity index (χ4n) is 2.51. The maximum atomic E-state index is 11.0. The zero-order valence-corrected chi connectivity index (χ0v) is 11.3. The molecule has 1 unspecified atom stereocenters. The summed E-state index contributed by atoms with van der Waals surface area (Å²) in [6, 6.07) is 3.62. The molecule has 1 aromatic rings. The van der Waals surface area contributed by atoms with E-state index in [1.165, 1.54) is 0 Å². The Balaban J connectivity index is 2.44. The van der Waals surface area contributed by atoms with E-state index < -0.39 is 5.97 Å². The summed E-state index contributed by atoms with van der Waals surface area (Å²) in [6.07, 6.45) is 2.32. The first-order chi connectivity index (χ1) is 8.54. The summed E-state index contributed by atoms with van der Waals surface area (Å²) in [5.74, 6) is 0.437. The first-order valence-corrected chi connectivity index (χ1v) is 6.47. The van der Waals surface area contributed by atoms with Gasteiger partial charge in [0.25, 0.3) is 0 Å². The summed E-state index contributed by atoms with van der Waals surface area (Å²) in [4.78, 5) is 11.0. The summed E-state index contributed by atoms with van der Waals surface area (Å²) in [7, 11) is 1.61. The number of aliphatic carboxylic acids is 1. The van der Waals surface area contributed by atoms with Gasteiger partial charge in [0.15, 0.2) is 0 Å². The Hall–Kier alpha value is -1.22. The van der Waals surface area contributed by atoms with Gasteiger partial charge in [-0.1, -0.05) is 11.6 Å². The largest absolute Gasteiger partial charge is 0.496 e. The molecule has 0 aliphatic heterocycles. The molecule has 1 aliphatic rings. The third-order valence-electron chi connectivity index (χ3n) is 3.59. The SMILES string of the molecule is COc1ccc(Cl)c(C)c1C(CC(=O)O)C1CC1. The Bertz CT molecular complexity index is 466. The lowest BCUT2D eigenvalue weighted by Crippen LogP contribution is -2.11. The van der Waals surface area contributed by atoms with Crippen LogP contribution in [0.5, 0.6) is 5.75 Å². The van der Waals surface area contributed by atoms with Crippen molar-refractivity contribution >= 4 is 17.6 Å². The Morgan fingerprint density at radius 1 is 1.56 bits per heavy atom. The van der Waals surface area contributed by atoms with E-state index in [1.54, 1.807) is 13.2 Å². The van der Waals surface area contributed by atoms with Crippen LogP contribution in [0.15, 0.2) is 12.1 Å². The van der Waals surface area contributed by atoms with Crippen LogP contribution in [0.4, 0.5) is 0 Å². The monoisotopic (exact) mass is 268 g/mol. The van der Waals surface area contributed by atoms with Crippen LogP contribution in [0.1, 0.15) is 36.3 Å². The minimum Gasteiger partial charge on any atom is -0.496 e. The van der Waals surface area contributed by atoms with Gasteiger partial charge in [0, 0.05) is 16.5 Å². The average Bonchev–Trinajstić information content (AvgIpc) is 3.13. The molecule has 0 amide bonds. The lowest BCUT2D eigenvalue weighted by atomic mass is 9.87. The topological polar surface area (TPSA) is 46.5 Å². The van der Waals surface area contributed by atoms with Gasteiger partial charge in [-0.25, -0.2) is 0 Å². The second kappa shape index (κ2) is 5.19. The highest BCUT2D eigenvalue weighted by atomic mass is 35.5. The first kappa shape index (κ1) is 13.2. The van der Waals surface area contributed by atoms with Crippen molar-refractivity contribution in [1.29, 1.82) is 0 Å². The second-order valence-electron chi connectivity index (χ2n) is 4.83. The predicted molar refractivity (Wildman–Crippen MR) is 70.5 cm³/mol. The number of benzene rings is 1. The first-order valence-electron chi connectivity index (χ1n) is 6.09. The highest BCUT2D eigenvalue weighted by Gasteiger charge is 2.36. The maximum Gasteiger partial charge on any atom is 0.303 e. The molecule has 0 bridgehead atoms. The van der Waals surface area contributed by atoms with Gasteiger partial charge in [0.1, 0.15) is 5.75 Å². The predicted octanol–water partition coefficient (Wildman–Crippen LogP) is 3.63. The average molecular weight is 269 g/mol. The molecule has 4 heteroatoms. The van der Waals surface area contributed by atoms with Crippen LogP contribution in [0.2, 0.25) is 5.02 Å². The molecule has 98 valence electrons. The van der Waals surface area contributed by atoms with Crippen LogP contribution in [0, 0.1) is 12.8 Å². The van der Waals surface area contributed by atoms with Crippen molar-refractivity contribution < 1.29 is 14.6 Å². The van der Waals surface area contributed by atoms with Gasteiger partial charge in [0.05, 0.1) is 13.5 Å². The number of halogens is 1. The smallest absolute Gasteiger partial charge is 0.303 e. The van der Waals surface area contributed by atoms with Gasteiger partial charge in [-0.15, -0.1) is 0 Å². The molecule has 1 N–H and O–H groups in total. The lowest BCUT2D eigenvalue weighted by molar-refractivity contribution is -0.137. The Labute approximate surface area is 112 Å². The fraction of sp³-hybridized carbons (Fsp3) is 0.500. The maximum absolute atomic E-state index is 11.0. The van der Waals surface area contributed by atoms with Crippen molar-refractivity contribution in [3.05, 3.63) is 28.3 Å². The normalized spacial score (nSPS) is 16.4. The molecule has 0 radical (unpaired) electrons. The van der Waals surface area contributed by atoms with E-state index in [-0.39, 0.29) is 12.3 Å². The van der Waals surface area contributed by atoms with Gasteiger partial charge in [-0.05, 0) is 43.4 Å². The minimum absolute atomic E-state index is 0.0103. The van der Waals surface area contributed by atoms with Gasteiger partial charge in [-0.2, -0.15) is 0 Å². The number of methoxy groups -OCH3 is 1. The summed E-state index contributed by atoms with van der Waals surface area (Å²) in [5, 5.41) is 9.74. The molecular weight excluding hydrogens is 252 g/mol. The lowest BCUT2D eigenvalue weighted by Gasteiger charge is -2.21. The van der Waals surface area contributed by atoms with E-state index in [0.717, 1.165) is 29.7 Å². The molecule has 1 atom stereocenters. The molecule has 18 heavy (non-hydrogen) atoms. The summed E-state index contributed by atoms with van der Waals surface area (Å²) in [5.41, 5.74) is 1.91. The standard InChI is InChI=1S/C14H17ClO3/c1-8-11(15)5-6-12(18-2)14(8)10(7-13(16)17)9-3-4-9/h5-6,9-10H,3-4,7H2,1-2H3,(H,16,17). The number of ether oxygens (including phenoxy) is 1. The molecule has 0 aromatic heterocycles. The minimum atomic E-state index is -0.770. The van der Waals surface area contributed by atoms with Crippen molar-refractivity contribution in [3.8, 4) is 5.75 Å². The molecule has 0 heterocycles. The van der Waals surface area contributed by atoms with Crippen LogP contribution in [-0.4, -0.2) is 18.2 Å². The summed E-state index contributed by atoms with van der Waals surface area (Å²) >= 11 is 6.15. The molecule has 1 aliphatic carbocycles. The molecule has 0 spiro atoms. The number of carboxylic acids is 1. The quantitative estimate of drug-likeness (QED) is 0.887. The number of rotatable bonds is 5. The van der Waals surface area contributed by atoms with Crippen molar-refractivity contribution in [3.63, 3.8) is 0 Å². The van der Waals surface area contributed by atoms with Crippen molar-refractivity contribution in [2.75, 3.05) is 7.11 Å². The molecule has 1 aromatic carbocycles. The number of hydrogen-bond acceptors (Lipinski definition) is 2. The molecule has 2 rings (SSSR count). The van der Waals surface area contributed by atoms with Crippen molar-refractivity contribution in [2.45, 2.75) is 32.1 Å². The molecule has 3 nitrogen and oxygen atoms in total. The number of carbonyl (C=O) groups is 1. The highest BCUT2D eigenvalue weighted by molar-refractivity contribution is 6.31. The van der Waals surface area contributed by atoms with E-state index in [0.29, 0.717) is 10.9 Å². The number of carboxylic acid groups (broad SMARTS) is 1. The van der Waals surface area contributed by atoms with E-state index in [4.69, 9.17) is 21.4 Å². The van der Waals surface area contributed by atoms with Crippen LogP contribution in [0.3, 0.4) is 0 Å². The third-order valence-corrected chi connectivity index (χ3v) is 3.99. The molecular formula is C14H17ClO3. The Morgan fingerprint density at radius 2 is 2.22 bits per heavy atom. The van der Waals surface area contributed by atoms with Crippen LogP contribution in [0.25, 0.3) is 0 Å². The van der Waals surface area contributed by atoms with Gasteiger partial charge >= 0.3 is 5.97 Å². The van der Waals surface area contributed by atoms with Crippen molar-refractivity contribution in [2.24, 2.45) is 5.92 Å². The molecule has 1 saturated carbocycles. The van der Waals surface area contributed by atoms with Crippen molar-refractivity contribution in [1.82, 2.24) is 0 Å². The zero-order chi connectivity index (χ0) is 13.3. The van der Waals surface area contributed by atoms with Gasteiger partial charge in [-0.3, -0.25) is 4.79 Å². The molecule has 1 fully saturated rings. The van der Waals surface area contributed by atoms with Crippen LogP contribution >= 0.6 is 11.6 Å². The zero-order valence-electron chi connectivity index (χ0n) is 10.6. The van der Waals surface area contributed by atoms with Gasteiger partial charge in [0.2, 0.25) is 0 Å². The summed E-state index contributed by atoms with van der Waals surface area (Å²) < 4.78 is 5.37. The van der Waals surface area contributed by atoms with Gasteiger partial charge < -0.3 is 9.84 Å².